The Kier molecular flexibility index (Phi) is 7.63. The lowest BCUT2D eigenvalue weighted by molar-refractivity contribution is -0.119. The van der Waals surface area contributed by atoms with E-state index in [2.05, 4.69) is 10.0 Å². The van der Waals surface area contributed by atoms with Gasteiger partial charge in [0.05, 0.1) is 11.6 Å². The summed E-state index contributed by atoms with van der Waals surface area (Å²) in [5.74, 6) is 0.256. The van der Waals surface area contributed by atoms with Crippen LogP contribution in [-0.4, -0.2) is 50.9 Å². The maximum Gasteiger partial charge on any atom is 0.263 e. The van der Waals surface area contributed by atoms with Crippen LogP contribution in [-0.2, 0) is 14.8 Å². The number of ether oxygens (including phenoxy) is 1. The molecule has 1 aliphatic heterocycles. The topological polar surface area (TPSA) is 105 Å². The highest BCUT2D eigenvalue weighted by molar-refractivity contribution is 7.92. The second kappa shape index (κ2) is 10.2. The molecule has 1 heterocycles. The third-order valence-electron chi connectivity index (χ3n) is 5.07. The fourth-order valence-electron chi connectivity index (χ4n) is 3.54. The van der Waals surface area contributed by atoms with E-state index < -0.39 is 10.0 Å². The second-order valence-electron chi connectivity index (χ2n) is 7.48. The molecule has 0 aliphatic carbocycles. The van der Waals surface area contributed by atoms with Crippen LogP contribution in [0.4, 0.5) is 5.69 Å². The summed E-state index contributed by atoms with van der Waals surface area (Å²) in [6.45, 7) is 4.77. The number of amides is 2. The Balaban J connectivity index is 1.74. The number of nitrogens with one attached hydrogen (secondary N) is 2. The first kappa shape index (κ1) is 23.9. The van der Waals surface area contributed by atoms with Crippen LogP contribution in [0.25, 0.3) is 0 Å². The van der Waals surface area contributed by atoms with Gasteiger partial charge in [-0.1, -0.05) is 11.6 Å². The monoisotopic (exact) mass is 479 g/mol. The normalized spacial score (nSPS) is 14.7. The Morgan fingerprint density at radius 3 is 2.38 bits per heavy atom. The van der Waals surface area contributed by atoms with Crippen LogP contribution < -0.4 is 14.8 Å². The molecule has 10 heteroatoms. The molecule has 32 heavy (non-hydrogen) atoms. The highest BCUT2D eigenvalue weighted by Gasteiger charge is 2.26. The summed E-state index contributed by atoms with van der Waals surface area (Å²) in [4.78, 5) is 25.6. The molecule has 172 valence electrons. The van der Waals surface area contributed by atoms with Crippen molar-refractivity contribution < 1.29 is 22.7 Å². The van der Waals surface area contributed by atoms with Crippen molar-refractivity contribution in [1.82, 2.24) is 10.2 Å². The maximum absolute atomic E-state index is 12.9. The molecule has 1 aliphatic rings. The van der Waals surface area contributed by atoms with Crippen LogP contribution in [0.3, 0.4) is 0 Å². The third kappa shape index (κ3) is 5.92. The van der Waals surface area contributed by atoms with Gasteiger partial charge in [-0.3, -0.25) is 14.3 Å². The van der Waals surface area contributed by atoms with Gasteiger partial charge in [0, 0.05) is 37.3 Å². The van der Waals surface area contributed by atoms with Gasteiger partial charge in [0.25, 0.3) is 15.9 Å². The minimum absolute atomic E-state index is 0.0179. The molecule has 8 nitrogen and oxygen atoms in total. The van der Waals surface area contributed by atoms with Gasteiger partial charge in [-0.05, 0) is 62.2 Å². The van der Waals surface area contributed by atoms with Gasteiger partial charge in [-0.15, -0.1) is 0 Å². The highest BCUT2D eigenvalue weighted by Crippen LogP contribution is 2.27. The predicted molar refractivity (Wildman–Crippen MR) is 123 cm³/mol. The number of nitrogens with zero attached hydrogens (tertiary/aromatic N) is 1. The largest absolute Gasteiger partial charge is 0.494 e. The molecular weight excluding hydrogens is 454 g/mol. The number of hydrogen-bond acceptors (Lipinski definition) is 5. The summed E-state index contributed by atoms with van der Waals surface area (Å²) >= 11 is 6.17. The van der Waals surface area contributed by atoms with Crippen LogP contribution >= 0.6 is 11.6 Å². The number of sulfonamides is 1. The maximum atomic E-state index is 12.9. The predicted octanol–water partition coefficient (Wildman–Crippen LogP) is 3.28. The molecule has 0 aromatic heterocycles. The minimum atomic E-state index is -4.02. The first-order valence-electron chi connectivity index (χ1n) is 10.3. The van der Waals surface area contributed by atoms with Gasteiger partial charge < -0.3 is 15.0 Å². The van der Waals surface area contributed by atoms with Crippen molar-refractivity contribution >= 4 is 39.1 Å². The lowest BCUT2D eigenvalue weighted by Crippen LogP contribution is -2.46. The number of likely N-dealkylation sites (tertiary alicyclic amines) is 1. The quantitative estimate of drug-likeness (QED) is 0.634. The summed E-state index contributed by atoms with van der Waals surface area (Å²) in [6.07, 6.45) is 1.28. The van der Waals surface area contributed by atoms with Crippen LogP contribution in [0.1, 0.15) is 37.0 Å². The number of benzene rings is 2. The summed E-state index contributed by atoms with van der Waals surface area (Å²) in [5.41, 5.74) is 0.584. The van der Waals surface area contributed by atoms with E-state index in [1.165, 1.54) is 25.1 Å². The molecule has 2 aromatic carbocycles. The van der Waals surface area contributed by atoms with E-state index in [4.69, 9.17) is 16.3 Å². The lowest BCUT2D eigenvalue weighted by Gasteiger charge is -2.32. The number of piperidine rings is 1. The number of hydrogen-bond donors (Lipinski definition) is 2. The summed E-state index contributed by atoms with van der Waals surface area (Å²) in [5, 5.41) is 2.88. The summed E-state index contributed by atoms with van der Waals surface area (Å²) in [6, 6.07) is 10.8. The zero-order valence-corrected chi connectivity index (χ0v) is 19.5. The van der Waals surface area contributed by atoms with Crippen molar-refractivity contribution in [1.29, 1.82) is 0 Å². The fourth-order valence-corrected chi connectivity index (χ4v) is 5.12. The Hall–Kier alpha value is -2.78. The first-order chi connectivity index (χ1) is 15.2. The molecule has 0 bridgehead atoms. The first-order valence-corrected chi connectivity index (χ1v) is 12.2. The van der Waals surface area contributed by atoms with Crippen molar-refractivity contribution in [3.05, 3.63) is 53.1 Å². The van der Waals surface area contributed by atoms with Gasteiger partial charge in [0.1, 0.15) is 10.6 Å². The Bertz CT molecular complexity index is 1080. The zero-order valence-electron chi connectivity index (χ0n) is 17.9. The average Bonchev–Trinajstić information content (AvgIpc) is 2.75. The van der Waals surface area contributed by atoms with Crippen LogP contribution in [0.2, 0.25) is 5.02 Å². The van der Waals surface area contributed by atoms with E-state index in [0.29, 0.717) is 44.0 Å². The second-order valence-corrected chi connectivity index (χ2v) is 9.53. The van der Waals surface area contributed by atoms with Crippen LogP contribution in [0.15, 0.2) is 47.4 Å². The van der Waals surface area contributed by atoms with Gasteiger partial charge in [-0.25, -0.2) is 8.42 Å². The van der Waals surface area contributed by atoms with E-state index in [9.17, 15) is 18.0 Å². The van der Waals surface area contributed by atoms with E-state index >= 15 is 0 Å². The average molecular weight is 480 g/mol. The molecule has 2 amide bonds. The Morgan fingerprint density at radius 1 is 1.12 bits per heavy atom. The van der Waals surface area contributed by atoms with E-state index in [1.807, 2.05) is 6.92 Å². The zero-order chi connectivity index (χ0) is 23.3. The molecule has 2 N–H and O–H groups in total. The molecule has 0 radical (unpaired) electrons. The summed E-state index contributed by atoms with van der Waals surface area (Å²) < 4.78 is 33.7. The summed E-state index contributed by atoms with van der Waals surface area (Å²) in [7, 11) is -4.02. The van der Waals surface area contributed by atoms with E-state index in [1.54, 1.807) is 29.2 Å². The Labute approximate surface area is 192 Å². The lowest BCUT2D eigenvalue weighted by atomic mass is 10.0. The number of carbonyl (C=O) groups is 2. The van der Waals surface area contributed by atoms with Crippen LogP contribution in [0.5, 0.6) is 5.75 Å². The molecule has 1 fully saturated rings. The van der Waals surface area contributed by atoms with Gasteiger partial charge >= 0.3 is 0 Å². The molecule has 2 aromatic rings. The standard InChI is InChI=1S/C22H26ClN3O5S/c1-3-31-19-7-5-18(6-8-19)25-32(29,30)21-14-16(4-9-20(21)23)22(28)26-12-10-17(11-13-26)24-15(2)27/h4-9,14,17,25H,3,10-13H2,1-2H3,(H,24,27). The molecule has 1 saturated heterocycles. The number of carbonyl (C=O) groups excluding carboxylic acids is 2. The van der Waals surface area contributed by atoms with E-state index in [-0.39, 0.29) is 33.3 Å². The molecular formula is C22H26ClN3O5S. The minimum Gasteiger partial charge on any atom is -0.494 e. The van der Waals surface area contributed by atoms with Crippen molar-refractivity contribution in [2.45, 2.75) is 37.6 Å². The SMILES string of the molecule is CCOc1ccc(NS(=O)(=O)c2cc(C(=O)N3CCC(NC(C)=O)CC3)ccc2Cl)cc1. The number of rotatable bonds is 7. The van der Waals surface area contributed by atoms with Crippen molar-refractivity contribution in [2.24, 2.45) is 0 Å². The fraction of sp³-hybridized carbons (Fsp3) is 0.364. The van der Waals surface area contributed by atoms with Crippen molar-refractivity contribution in [2.75, 3.05) is 24.4 Å². The van der Waals surface area contributed by atoms with Crippen molar-refractivity contribution in [3.8, 4) is 5.75 Å². The van der Waals surface area contributed by atoms with Gasteiger partial charge in [-0.2, -0.15) is 0 Å². The van der Waals surface area contributed by atoms with Crippen molar-refractivity contribution in [3.63, 3.8) is 0 Å². The highest BCUT2D eigenvalue weighted by atomic mass is 35.5. The molecule has 3 rings (SSSR count). The third-order valence-corrected chi connectivity index (χ3v) is 6.94. The number of halogens is 1. The van der Waals surface area contributed by atoms with Gasteiger partial charge in [0.2, 0.25) is 5.91 Å². The van der Waals surface area contributed by atoms with Gasteiger partial charge in [0.15, 0.2) is 0 Å². The number of anilines is 1. The smallest absolute Gasteiger partial charge is 0.263 e. The van der Waals surface area contributed by atoms with Crippen LogP contribution in [0, 0.1) is 0 Å². The molecule has 0 spiro atoms. The van der Waals surface area contributed by atoms with E-state index in [0.717, 1.165) is 0 Å². The molecule has 0 saturated carbocycles. The Morgan fingerprint density at radius 2 is 1.78 bits per heavy atom. The molecule has 0 unspecified atom stereocenters. The molecule has 0 atom stereocenters.